The summed E-state index contributed by atoms with van der Waals surface area (Å²) in [5.74, 6) is 0. The van der Waals surface area contributed by atoms with Gasteiger partial charge < -0.3 is 4.74 Å². The summed E-state index contributed by atoms with van der Waals surface area (Å²) in [6.45, 7) is 6.73. The lowest BCUT2D eigenvalue weighted by Crippen LogP contribution is -2.41. The smallest absolute Gasteiger partial charge is 0.103 e. The molecule has 8 heavy (non-hydrogen) atoms. The molecule has 0 atom stereocenters. The molecule has 0 radical (unpaired) electrons. The van der Waals surface area contributed by atoms with E-state index in [1.807, 2.05) is 0 Å². The first kappa shape index (κ1) is 5.72. The number of aliphatic imine (C=N–C) groups is 1. The Balaban J connectivity index is 1.93. The van der Waals surface area contributed by atoms with Crippen molar-refractivity contribution in [3.8, 4) is 0 Å². The molecule has 1 aliphatic rings. The van der Waals surface area contributed by atoms with E-state index in [1.165, 1.54) is 0 Å². The molecule has 0 aromatic rings. The first-order valence-electron chi connectivity index (χ1n) is 2.66. The average Bonchev–Trinajstić information content (AvgIpc) is 1.63. The highest BCUT2D eigenvalue weighted by atomic mass is 16.5. The molecule has 0 aromatic heterocycles. The third-order valence-electron chi connectivity index (χ3n) is 1.12. The van der Waals surface area contributed by atoms with Gasteiger partial charge in [0.25, 0.3) is 0 Å². The summed E-state index contributed by atoms with van der Waals surface area (Å²) in [5.41, 5.74) is 0. The van der Waals surface area contributed by atoms with E-state index in [0.29, 0.717) is 0 Å². The second-order valence-electron chi connectivity index (χ2n) is 1.80. The van der Waals surface area contributed by atoms with Crippen molar-refractivity contribution in [3.63, 3.8) is 0 Å². The van der Waals surface area contributed by atoms with Gasteiger partial charge in [-0.05, 0) is 6.72 Å². The van der Waals surface area contributed by atoms with Gasteiger partial charge in [0.05, 0.1) is 6.54 Å². The van der Waals surface area contributed by atoms with Crippen LogP contribution in [0.3, 0.4) is 0 Å². The van der Waals surface area contributed by atoms with Gasteiger partial charge in [-0.15, -0.1) is 0 Å². The van der Waals surface area contributed by atoms with E-state index in [-0.39, 0.29) is 0 Å². The zero-order chi connectivity index (χ0) is 5.82. The van der Waals surface area contributed by atoms with Crippen molar-refractivity contribution >= 4 is 6.72 Å². The molecular weight excluding hydrogens is 104 g/mol. The molecule has 1 heterocycles. The molecule has 0 spiro atoms. The van der Waals surface area contributed by atoms with Crippen LogP contribution in [0.4, 0.5) is 0 Å². The maximum absolute atomic E-state index is 4.90. The van der Waals surface area contributed by atoms with Gasteiger partial charge in [0.15, 0.2) is 0 Å². The third-order valence-corrected chi connectivity index (χ3v) is 1.12. The number of ether oxygens (including phenoxy) is 1. The maximum atomic E-state index is 4.90. The van der Waals surface area contributed by atoms with Crippen LogP contribution in [-0.2, 0) is 4.74 Å². The van der Waals surface area contributed by atoms with Gasteiger partial charge in [0.2, 0.25) is 0 Å². The van der Waals surface area contributed by atoms with Crippen LogP contribution in [0.5, 0.6) is 0 Å². The predicted molar refractivity (Wildman–Crippen MR) is 31.9 cm³/mol. The standard InChI is InChI=1S/C5H10N2O/c1-6-2-3-7-4-8-5-7/h1-5H2. The fraction of sp³-hybridized carbons (Fsp3) is 0.800. The van der Waals surface area contributed by atoms with Crippen molar-refractivity contribution in [2.75, 3.05) is 26.6 Å². The Morgan fingerprint density at radius 1 is 1.62 bits per heavy atom. The lowest BCUT2D eigenvalue weighted by molar-refractivity contribution is -0.141. The van der Waals surface area contributed by atoms with E-state index >= 15 is 0 Å². The molecule has 1 saturated heterocycles. The molecule has 0 bridgehead atoms. The SMILES string of the molecule is C=NCCN1COC1. The van der Waals surface area contributed by atoms with Gasteiger partial charge in [-0.1, -0.05) is 0 Å². The summed E-state index contributed by atoms with van der Waals surface area (Å²) >= 11 is 0. The van der Waals surface area contributed by atoms with Gasteiger partial charge in [-0.3, -0.25) is 9.89 Å². The molecule has 46 valence electrons. The van der Waals surface area contributed by atoms with E-state index in [9.17, 15) is 0 Å². The fourth-order valence-corrected chi connectivity index (χ4v) is 0.562. The average molecular weight is 114 g/mol. The topological polar surface area (TPSA) is 24.8 Å². The van der Waals surface area contributed by atoms with E-state index in [2.05, 4.69) is 16.6 Å². The lowest BCUT2D eigenvalue weighted by Gasteiger charge is -2.29. The molecule has 1 aliphatic heterocycles. The highest BCUT2D eigenvalue weighted by Crippen LogP contribution is 1.99. The molecule has 0 aromatic carbocycles. The first-order valence-corrected chi connectivity index (χ1v) is 2.66. The molecule has 1 rings (SSSR count). The van der Waals surface area contributed by atoms with Crippen LogP contribution < -0.4 is 0 Å². The highest BCUT2D eigenvalue weighted by molar-refractivity contribution is 5.23. The lowest BCUT2D eigenvalue weighted by atomic mass is 10.5. The largest absolute Gasteiger partial charge is 0.351 e. The summed E-state index contributed by atoms with van der Waals surface area (Å²) in [6.07, 6.45) is 0. The van der Waals surface area contributed by atoms with Crippen LogP contribution in [0.1, 0.15) is 0 Å². The van der Waals surface area contributed by atoms with Crippen LogP contribution in [0, 0.1) is 0 Å². The van der Waals surface area contributed by atoms with E-state index < -0.39 is 0 Å². The molecule has 3 heteroatoms. The Labute approximate surface area is 49.0 Å². The number of hydrogen-bond donors (Lipinski definition) is 0. The first-order chi connectivity index (χ1) is 3.93. The third kappa shape index (κ3) is 1.28. The summed E-state index contributed by atoms with van der Waals surface area (Å²) in [5, 5.41) is 0. The van der Waals surface area contributed by atoms with E-state index in [0.717, 1.165) is 26.6 Å². The Hall–Kier alpha value is -0.410. The minimum atomic E-state index is 0.773. The van der Waals surface area contributed by atoms with Gasteiger partial charge in [-0.25, -0.2) is 0 Å². The maximum Gasteiger partial charge on any atom is 0.103 e. The van der Waals surface area contributed by atoms with Crippen LogP contribution >= 0.6 is 0 Å². The minimum absolute atomic E-state index is 0.773. The molecule has 0 aliphatic carbocycles. The van der Waals surface area contributed by atoms with Crippen LogP contribution in [0.2, 0.25) is 0 Å². The van der Waals surface area contributed by atoms with Crippen molar-refractivity contribution in [2.24, 2.45) is 4.99 Å². The summed E-state index contributed by atoms with van der Waals surface area (Å²) in [4.78, 5) is 5.87. The normalized spacial score (nSPS) is 20.0. The highest BCUT2D eigenvalue weighted by Gasteiger charge is 2.11. The Morgan fingerprint density at radius 3 is 2.75 bits per heavy atom. The van der Waals surface area contributed by atoms with Crippen molar-refractivity contribution in [2.45, 2.75) is 0 Å². The zero-order valence-electron chi connectivity index (χ0n) is 4.84. The fourth-order valence-electron chi connectivity index (χ4n) is 0.562. The second kappa shape index (κ2) is 2.79. The van der Waals surface area contributed by atoms with Crippen molar-refractivity contribution < 1.29 is 4.74 Å². The van der Waals surface area contributed by atoms with Crippen LogP contribution in [0.15, 0.2) is 4.99 Å². The molecule has 0 amide bonds. The summed E-state index contributed by atoms with van der Waals surface area (Å²) < 4.78 is 4.90. The van der Waals surface area contributed by atoms with Crippen LogP contribution in [-0.4, -0.2) is 38.2 Å². The number of nitrogens with zero attached hydrogens (tertiary/aromatic N) is 2. The van der Waals surface area contributed by atoms with Crippen LogP contribution in [0.25, 0.3) is 0 Å². The van der Waals surface area contributed by atoms with E-state index in [1.54, 1.807) is 0 Å². The van der Waals surface area contributed by atoms with Crippen molar-refractivity contribution in [1.82, 2.24) is 4.90 Å². The van der Waals surface area contributed by atoms with Gasteiger partial charge in [0.1, 0.15) is 13.5 Å². The zero-order valence-corrected chi connectivity index (χ0v) is 4.84. The summed E-state index contributed by atoms with van der Waals surface area (Å²) in [7, 11) is 0. The molecule has 3 nitrogen and oxygen atoms in total. The predicted octanol–water partition coefficient (Wildman–Crippen LogP) is -0.0658. The van der Waals surface area contributed by atoms with Gasteiger partial charge in [-0.2, -0.15) is 0 Å². The van der Waals surface area contributed by atoms with E-state index in [4.69, 9.17) is 4.74 Å². The molecule has 0 unspecified atom stereocenters. The molecule has 0 saturated carbocycles. The quantitative estimate of drug-likeness (QED) is 0.480. The molecular formula is C5H10N2O. The van der Waals surface area contributed by atoms with Gasteiger partial charge in [0, 0.05) is 6.54 Å². The number of hydrogen-bond acceptors (Lipinski definition) is 3. The molecule has 1 fully saturated rings. The Bertz CT molecular complexity index is 80.5. The second-order valence-corrected chi connectivity index (χ2v) is 1.80. The molecule has 0 N–H and O–H groups in total. The van der Waals surface area contributed by atoms with Crippen molar-refractivity contribution in [1.29, 1.82) is 0 Å². The summed E-state index contributed by atoms with van der Waals surface area (Å²) in [6, 6.07) is 0. The minimum Gasteiger partial charge on any atom is -0.351 e. The monoisotopic (exact) mass is 114 g/mol. The number of rotatable bonds is 3. The Kier molecular flexibility index (Phi) is 2.00. The van der Waals surface area contributed by atoms with Crippen molar-refractivity contribution in [3.05, 3.63) is 0 Å². The van der Waals surface area contributed by atoms with Gasteiger partial charge >= 0.3 is 0 Å². The Morgan fingerprint density at radius 2 is 2.38 bits per heavy atom.